The Labute approximate surface area is 156 Å². The predicted octanol–water partition coefficient (Wildman–Crippen LogP) is 4.29. The Morgan fingerprint density at radius 2 is 1.73 bits per heavy atom. The Hall–Kier alpha value is -2.60. The second-order valence-electron chi connectivity index (χ2n) is 6.17. The fraction of sp³-hybridized carbons (Fsp3) is 0.250. The Bertz CT molecular complexity index is 853. The van der Waals surface area contributed by atoms with Gasteiger partial charge in [-0.1, -0.05) is 50.1 Å². The van der Waals surface area contributed by atoms with E-state index in [1.807, 2.05) is 37.3 Å². The van der Waals surface area contributed by atoms with Crippen molar-refractivity contribution in [2.75, 3.05) is 4.90 Å². The smallest absolute Gasteiger partial charge is 0.277 e. The number of rotatable bonds is 5. The van der Waals surface area contributed by atoms with E-state index in [0.717, 1.165) is 6.42 Å². The number of benzene rings is 2. The van der Waals surface area contributed by atoms with Gasteiger partial charge in [-0.3, -0.25) is 19.3 Å². The molecule has 0 aliphatic carbocycles. The van der Waals surface area contributed by atoms with Crippen LogP contribution in [0.3, 0.4) is 0 Å². The van der Waals surface area contributed by atoms with Crippen LogP contribution in [0, 0.1) is 0 Å². The lowest BCUT2D eigenvalue weighted by Gasteiger charge is -2.40. The molecule has 2 amide bonds. The highest BCUT2D eigenvalue weighted by Crippen LogP contribution is 2.46. The maximum atomic E-state index is 13.5. The van der Waals surface area contributed by atoms with Crippen LogP contribution in [0.5, 0.6) is 0 Å². The van der Waals surface area contributed by atoms with E-state index in [4.69, 9.17) is 5.73 Å². The number of carbonyl (C=O) groups is 3. The van der Waals surface area contributed by atoms with Crippen molar-refractivity contribution in [3.63, 3.8) is 0 Å². The number of primary amides is 1. The second-order valence-corrected chi connectivity index (χ2v) is 7.48. The van der Waals surface area contributed by atoms with Crippen LogP contribution in [-0.4, -0.2) is 21.7 Å². The summed E-state index contributed by atoms with van der Waals surface area (Å²) in [5, 5.41) is -0.727. The van der Waals surface area contributed by atoms with Crippen molar-refractivity contribution in [1.29, 1.82) is 0 Å². The molecule has 2 aromatic carbocycles. The van der Waals surface area contributed by atoms with E-state index in [1.54, 1.807) is 24.3 Å². The molecule has 1 heterocycles. The monoisotopic (exact) mass is 368 g/mol. The predicted molar refractivity (Wildman–Crippen MR) is 104 cm³/mol. The molecule has 0 fully saturated rings. The van der Waals surface area contributed by atoms with E-state index in [1.165, 1.54) is 4.90 Å². The van der Waals surface area contributed by atoms with Crippen LogP contribution in [0.4, 0.5) is 16.2 Å². The van der Waals surface area contributed by atoms with Gasteiger partial charge in [0.05, 0.1) is 5.69 Å². The Morgan fingerprint density at radius 3 is 2.38 bits per heavy atom. The average Bonchev–Trinajstić information content (AvgIpc) is 2.65. The summed E-state index contributed by atoms with van der Waals surface area (Å²) in [7, 11) is 0. The fourth-order valence-electron chi connectivity index (χ4n) is 3.26. The summed E-state index contributed by atoms with van der Waals surface area (Å²) >= 11 is 0.639. The summed E-state index contributed by atoms with van der Waals surface area (Å²) in [5.41, 5.74) is 7.03. The number of fused-ring (bicyclic) bond motifs is 1. The number of unbranched alkanes of at least 4 members (excludes halogenated alkanes) is 1. The molecule has 5 nitrogen and oxygen atoms in total. The number of carbonyl (C=O) groups excluding carboxylic acids is 3. The number of amides is 2. The van der Waals surface area contributed by atoms with E-state index in [0.29, 0.717) is 35.1 Å². The maximum absolute atomic E-state index is 13.5. The molecule has 134 valence electrons. The third-order valence-electron chi connectivity index (χ3n) is 4.48. The molecular weight excluding hydrogens is 348 g/mol. The third kappa shape index (κ3) is 3.01. The number of Topliss-reactive ketones (excluding diaryl/α,β-unsaturated/α-hetero) is 1. The largest absolute Gasteiger partial charge is 0.360 e. The van der Waals surface area contributed by atoms with Crippen LogP contribution < -0.4 is 10.6 Å². The third-order valence-corrected chi connectivity index (χ3v) is 5.59. The maximum Gasteiger partial charge on any atom is 0.277 e. The molecule has 0 saturated carbocycles. The van der Waals surface area contributed by atoms with Crippen LogP contribution in [0.2, 0.25) is 0 Å². The van der Waals surface area contributed by atoms with Gasteiger partial charge in [-0.05, 0) is 42.4 Å². The summed E-state index contributed by atoms with van der Waals surface area (Å²) in [6.07, 6.45) is 1.71. The normalized spacial score (nSPS) is 19.3. The molecule has 1 aliphatic rings. The van der Waals surface area contributed by atoms with Gasteiger partial charge in [-0.15, -0.1) is 0 Å². The Balaban J connectivity index is 2.22. The number of hydrogen-bond donors (Lipinski definition) is 1. The molecular formula is C20H20N2O3S. The molecule has 2 aromatic rings. The summed E-state index contributed by atoms with van der Waals surface area (Å²) in [5.74, 6) is -0.757. The number of para-hydroxylation sites is 2. The molecule has 1 aliphatic heterocycles. The van der Waals surface area contributed by atoms with E-state index in [9.17, 15) is 14.4 Å². The van der Waals surface area contributed by atoms with E-state index in [2.05, 4.69) is 0 Å². The van der Waals surface area contributed by atoms with Gasteiger partial charge in [0.2, 0.25) is 0 Å². The van der Waals surface area contributed by atoms with Crippen molar-refractivity contribution >= 4 is 40.1 Å². The molecule has 1 atom stereocenters. The van der Waals surface area contributed by atoms with Gasteiger partial charge in [0, 0.05) is 11.3 Å². The van der Waals surface area contributed by atoms with Crippen molar-refractivity contribution in [1.82, 2.24) is 0 Å². The van der Waals surface area contributed by atoms with Crippen molar-refractivity contribution in [2.45, 2.75) is 30.9 Å². The molecule has 0 spiro atoms. The molecule has 0 bridgehead atoms. The van der Waals surface area contributed by atoms with Crippen LogP contribution in [0.25, 0.3) is 0 Å². The number of hydrogen-bond acceptors (Lipinski definition) is 4. The topological polar surface area (TPSA) is 80.5 Å². The van der Waals surface area contributed by atoms with Crippen LogP contribution >= 0.6 is 11.8 Å². The molecule has 0 saturated heterocycles. The summed E-state index contributed by atoms with van der Waals surface area (Å²) in [6.45, 7) is 1.98. The lowest BCUT2D eigenvalue weighted by atomic mass is 9.85. The zero-order valence-electron chi connectivity index (χ0n) is 14.5. The summed E-state index contributed by atoms with van der Waals surface area (Å²) in [4.78, 5) is 40.1. The van der Waals surface area contributed by atoms with Gasteiger partial charge in [-0.2, -0.15) is 0 Å². The van der Waals surface area contributed by atoms with E-state index >= 15 is 0 Å². The molecule has 3 rings (SSSR count). The molecule has 6 heteroatoms. The van der Waals surface area contributed by atoms with Crippen molar-refractivity contribution in [3.05, 3.63) is 60.2 Å². The molecule has 2 N–H and O–H groups in total. The average molecular weight is 368 g/mol. The quantitative estimate of drug-likeness (QED) is 0.799. The van der Waals surface area contributed by atoms with Crippen molar-refractivity contribution in [3.8, 4) is 0 Å². The first-order valence-electron chi connectivity index (χ1n) is 8.53. The zero-order valence-corrected chi connectivity index (χ0v) is 15.3. The van der Waals surface area contributed by atoms with Gasteiger partial charge in [0.1, 0.15) is 0 Å². The SMILES string of the molecule is CCCCC1(SC(N)=O)C(=O)c2ccccc2N(c2ccccc2)C1=O. The van der Waals surface area contributed by atoms with E-state index in [-0.39, 0.29) is 12.2 Å². The zero-order chi connectivity index (χ0) is 18.7. The minimum absolute atomic E-state index is 0.270. The molecule has 26 heavy (non-hydrogen) atoms. The molecule has 0 aromatic heterocycles. The lowest BCUT2D eigenvalue weighted by molar-refractivity contribution is -0.119. The highest BCUT2D eigenvalue weighted by molar-refractivity contribution is 8.16. The first-order chi connectivity index (χ1) is 12.5. The van der Waals surface area contributed by atoms with Crippen LogP contribution in [-0.2, 0) is 4.79 Å². The number of ketones is 1. The number of nitrogens with two attached hydrogens (primary N) is 1. The van der Waals surface area contributed by atoms with Gasteiger partial charge in [-0.25, -0.2) is 0 Å². The van der Waals surface area contributed by atoms with Crippen LogP contribution in [0.1, 0.15) is 36.5 Å². The Morgan fingerprint density at radius 1 is 1.08 bits per heavy atom. The first kappa shape index (κ1) is 18.2. The van der Waals surface area contributed by atoms with Crippen LogP contribution in [0.15, 0.2) is 54.6 Å². The highest BCUT2D eigenvalue weighted by Gasteiger charge is 2.54. The lowest BCUT2D eigenvalue weighted by Crippen LogP contribution is -2.55. The molecule has 1 unspecified atom stereocenters. The summed E-state index contributed by atoms with van der Waals surface area (Å²) in [6, 6.07) is 16.1. The molecule has 0 radical (unpaired) electrons. The fourth-order valence-corrected chi connectivity index (χ4v) is 4.23. The number of nitrogens with zero attached hydrogens (tertiary/aromatic N) is 1. The standard InChI is InChI=1S/C20H20N2O3S/c1-2-3-13-20(26-19(21)25)17(23)15-11-7-8-12-16(15)22(18(20)24)14-9-5-4-6-10-14/h4-12H,2-3,13H2,1H3,(H2,21,25). The van der Waals surface area contributed by atoms with Crippen molar-refractivity contribution < 1.29 is 14.4 Å². The van der Waals surface area contributed by atoms with Gasteiger partial charge in [0.25, 0.3) is 11.1 Å². The van der Waals surface area contributed by atoms with Gasteiger partial charge >= 0.3 is 0 Å². The highest BCUT2D eigenvalue weighted by atomic mass is 32.2. The van der Waals surface area contributed by atoms with Gasteiger partial charge in [0.15, 0.2) is 10.5 Å². The van der Waals surface area contributed by atoms with Crippen molar-refractivity contribution in [2.24, 2.45) is 5.73 Å². The first-order valence-corrected chi connectivity index (χ1v) is 9.35. The van der Waals surface area contributed by atoms with E-state index < -0.39 is 15.9 Å². The number of thioether (sulfide) groups is 1. The minimum atomic E-state index is -1.52. The minimum Gasteiger partial charge on any atom is -0.360 e. The number of anilines is 2. The summed E-state index contributed by atoms with van der Waals surface area (Å²) < 4.78 is -1.52. The van der Waals surface area contributed by atoms with Gasteiger partial charge < -0.3 is 5.73 Å². The Kier molecular flexibility index (Phi) is 5.13. The second kappa shape index (κ2) is 7.33.